The summed E-state index contributed by atoms with van der Waals surface area (Å²) in [6.07, 6.45) is 0. The zero-order valence-corrected chi connectivity index (χ0v) is 8.72. The molecule has 0 aliphatic rings. The maximum absolute atomic E-state index is 0. The zero-order valence-electron chi connectivity index (χ0n) is 2.72. The van der Waals surface area contributed by atoms with Gasteiger partial charge >= 0.3 is 44.8 Å². The van der Waals surface area contributed by atoms with Crippen LogP contribution in [0.5, 0.6) is 0 Å². The molecule has 0 saturated carbocycles. The molecule has 0 heterocycles. The van der Waals surface area contributed by atoms with Crippen molar-refractivity contribution in [2.75, 3.05) is 0 Å². The Balaban J connectivity index is 0. The fourth-order valence-electron chi connectivity index (χ4n) is 0. The summed E-state index contributed by atoms with van der Waals surface area (Å²) in [4.78, 5) is 0. The van der Waals surface area contributed by atoms with Crippen LogP contribution in [0.3, 0.4) is 0 Å². The molecule has 0 fully saturated rings. The normalized spacial score (nSPS) is 0. The van der Waals surface area contributed by atoms with Gasteiger partial charge in [0.25, 0.3) is 0 Å². The molecule has 0 aromatic carbocycles. The summed E-state index contributed by atoms with van der Waals surface area (Å²) < 4.78 is 0. The van der Waals surface area contributed by atoms with Crippen molar-refractivity contribution in [2.24, 2.45) is 0 Å². The van der Waals surface area contributed by atoms with Gasteiger partial charge < -0.3 is 49.6 Å². The topological polar surface area (TPSA) is 0 Å². The van der Waals surface area contributed by atoms with Crippen LogP contribution in [0.4, 0.5) is 0 Å². The molecule has 32 valence electrons. The third-order valence-electron chi connectivity index (χ3n) is 0. The molecule has 6 heavy (non-hydrogen) atoms. The summed E-state index contributed by atoms with van der Waals surface area (Å²) in [5, 5.41) is 0. The van der Waals surface area contributed by atoms with E-state index in [4.69, 9.17) is 0 Å². The second-order valence-electron chi connectivity index (χ2n) is 0. The van der Waals surface area contributed by atoms with Crippen LogP contribution in [0.15, 0.2) is 0 Å². The van der Waals surface area contributed by atoms with E-state index in [2.05, 4.69) is 0 Å². The second kappa shape index (κ2) is 48.3. The van der Waals surface area contributed by atoms with Crippen LogP contribution in [-0.4, -0.2) is 23.1 Å². The van der Waals surface area contributed by atoms with Crippen molar-refractivity contribution in [3.8, 4) is 0 Å². The Kier molecular flexibility index (Phi) is 583. The molecule has 0 nitrogen and oxygen atoms in total. The Morgan fingerprint density at radius 1 is 0.500 bits per heavy atom. The van der Waals surface area contributed by atoms with E-state index in [1.165, 1.54) is 0 Å². The Morgan fingerprint density at radius 3 is 0.500 bits per heavy atom. The Hall–Kier alpha value is 2.64. The molecule has 0 aromatic rings. The summed E-state index contributed by atoms with van der Waals surface area (Å²) in [6.45, 7) is 0. The molecule has 0 aliphatic carbocycles. The number of hydrogen-bond donors (Lipinski definition) is 0. The summed E-state index contributed by atoms with van der Waals surface area (Å²) in [5.74, 6) is 0. The fraction of sp³-hybridized carbons (Fsp3) is 0. The van der Waals surface area contributed by atoms with E-state index in [1.807, 2.05) is 0 Å². The summed E-state index contributed by atoms with van der Waals surface area (Å²) >= 11 is 0. The van der Waals surface area contributed by atoms with Crippen LogP contribution in [0.25, 0.3) is 0 Å². The molecule has 0 saturated heterocycles. The van der Waals surface area contributed by atoms with Crippen LogP contribution in [0, 0.1) is 0 Å². The van der Waals surface area contributed by atoms with Crippen LogP contribution < -0.4 is 49.6 Å². The van der Waals surface area contributed by atoms with Crippen molar-refractivity contribution in [3.63, 3.8) is 0 Å². The van der Waals surface area contributed by atoms with Crippen molar-refractivity contribution in [1.82, 2.24) is 0 Å². The Bertz CT molecular complexity index is 7.51. The molecule has 0 spiro atoms. The first kappa shape index (κ1) is 72.3. The van der Waals surface area contributed by atoms with Gasteiger partial charge in [-0.3, -0.25) is 0 Å². The number of halogens is 4. The first-order valence-electron chi connectivity index (χ1n) is 0. The molecular weight excluding hydrogens is 214 g/mol. The van der Waals surface area contributed by atoms with Gasteiger partial charge in [-0.15, -0.1) is 0 Å². The van der Waals surface area contributed by atoms with Gasteiger partial charge in [0.1, 0.15) is 0 Å². The van der Waals surface area contributed by atoms with Crippen molar-refractivity contribution in [1.29, 1.82) is 0 Å². The molecule has 0 bridgehead atoms. The first-order chi connectivity index (χ1) is 0. The molecule has 0 amide bonds. The molecule has 0 aromatic heterocycles. The quantitative estimate of drug-likeness (QED) is 0.351. The van der Waals surface area contributed by atoms with Gasteiger partial charge in [0, 0.05) is 0 Å². The Morgan fingerprint density at radius 2 is 0.500 bits per heavy atom. The minimum Gasteiger partial charge on any atom is -1.00 e. The van der Waals surface area contributed by atoms with Crippen molar-refractivity contribution >= 4 is 23.1 Å². The monoisotopic (exact) mass is 212 g/mol. The largest absolute Gasteiger partial charge is 4.00 e. The smallest absolute Gasteiger partial charge is 1.00 e. The molecule has 0 aliphatic heterocycles. The summed E-state index contributed by atoms with van der Waals surface area (Å²) in [7, 11) is 0. The minimum atomic E-state index is 0. The average Bonchev–Trinajstić information content (AvgIpc) is 0. The SMILES string of the molecule is [Cl-].[Cl-].[Cl-].[Cl-].[Mg+2].[Ti+4]. The van der Waals surface area contributed by atoms with E-state index in [0.29, 0.717) is 0 Å². The minimum absolute atomic E-state index is 0. The molecule has 0 rings (SSSR count). The molecule has 6 heteroatoms. The van der Waals surface area contributed by atoms with Crippen LogP contribution in [0.2, 0.25) is 0 Å². The van der Waals surface area contributed by atoms with Gasteiger partial charge in [-0.25, -0.2) is 0 Å². The second-order valence-corrected chi connectivity index (χ2v) is 0. The zero-order chi connectivity index (χ0) is 0. The van der Waals surface area contributed by atoms with Gasteiger partial charge in [-0.2, -0.15) is 0 Å². The third-order valence-corrected chi connectivity index (χ3v) is 0. The molecule has 0 atom stereocenters. The van der Waals surface area contributed by atoms with Crippen molar-refractivity contribution < 1.29 is 71.3 Å². The first-order valence-corrected chi connectivity index (χ1v) is 0. The van der Waals surface area contributed by atoms with E-state index in [9.17, 15) is 0 Å². The standard InChI is InChI=1S/4ClH.Mg.Ti/h4*1H;;/q;;;;+2;+4/p-4. The van der Waals surface area contributed by atoms with Gasteiger partial charge in [0.15, 0.2) is 0 Å². The van der Waals surface area contributed by atoms with Gasteiger partial charge in [0.2, 0.25) is 0 Å². The Labute approximate surface area is 93.3 Å². The van der Waals surface area contributed by atoms with E-state index >= 15 is 0 Å². The predicted molar refractivity (Wildman–Crippen MR) is 5.75 cm³/mol. The molecule has 0 unspecified atom stereocenters. The van der Waals surface area contributed by atoms with E-state index < -0.39 is 0 Å². The van der Waals surface area contributed by atoms with E-state index in [0.717, 1.165) is 0 Å². The van der Waals surface area contributed by atoms with Crippen LogP contribution in [-0.2, 0) is 21.7 Å². The fourth-order valence-corrected chi connectivity index (χ4v) is 0. The van der Waals surface area contributed by atoms with Crippen LogP contribution >= 0.6 is 0 Å². The van der Waals surface area contributed by atoms with Crippen molar-refractivity contribution in [3.05, 3.63) is 0 Å². The van der Waals surface area contributed by atoms with E-state index in [1.54, 1.807) is 0 Å². The maximum atomic E-state index is 0. The van der Waals surface area contributed by atoms with Crippen molar-refractivity contribution in [2.45, 2.75) is 0 Å². The average molecular weight is 214 g/mol. The number of hydrogen-bond acceptors (Lipinski definition) is 0. The number of rotatable bonds is 0. The maximum Gasteiger partial charge on any atom is 4.00 e. The van der Waals surface area contributed by atoms with Crippen LogP contribution in [0.1, 0.15) is 0 Å². The summed E-state index contributed by atoms with van der Waals surface area (Å²) in [5.41, 5.74) is 0. The molecule has 0 radical (unpaired) electrons. The van der Waals surface area contributed by atoms with Gasteiger partial charge in [-0.1, -0.05) is 0 Å². The predicted octanol–water partition coefficient (Wildman–Crippen LogP) is -12.4. The van der Waals surface area contributed by atoms with Gasteiger partial charge in [-0.05, 0) is 0 Å². The summed E-state index contributed by atoms with van der Waals surface area (Å²) in [6, 6.07) is 0. The van der Waals surface area contributed by atoms with E-state index in [-0.39, 0.29) is 94.4 Å². The molecular formula is Cl4MgTi+2. The third kappa shape index (κ3) is 30.3. The molecule has 0 N–H and O–H groups in total. The van der Waals surface area contributed by atoms with Gasteiger partial charge in [0.05, 0.1) is 0 Å².